The lowest BCUT2D eigenvalue weighted by Gasteiger charge is -2.03. The standard InChI is InChI=1S/C16H16N2S/c1-2-17-10-13-6-7-16(19-13)14-5-3-4-12-8-9-18-11-15(12)14/h3-9,11,17H,2,10H2,1H3. The van der Waals surface area contributed by atoms with Gasteiger partial charge in [-0.25, -0.2) is 0 Å². The van der Waals surface area contributed by atoms with E-state index >= 15 is 0 Å². The third-order valence-corrected chi connectivity index (χ3v) is 4.28. The zero-order valence-electron chi connectivity index (χ0n) is 10.9. The van der Waals surface area contributed by atoms with Crippen LogP contribution in [0.1, 0.15) is 11.8 Å². The summed E-state index contributed by atoms with van der Waals surface area (Å²) in [6, 6.07) is 12.9. The van der Waals surface area contributed by atoms with Gasteiger partial charge in [-0.1, -0.05) is 25.1 Å². The minimum absolute atomic E-state index is 0.949. The molecule has 2 nitrogen and oxygen atoms in total. The smallest absolute Gasteiger partial charge is 0.0352 e. The van der Waals surface area contributed by atoms with E-state index in [0.717, 1.165) is 13.1 Å². The molecule has 2 heterocycles. The van der Waals surface area contributed by atoms with E-state index < -0.39 is 0 Å². The first kappa shape index (κ1) is 12.3. The molecule has 3 aromatic rings. The number of rotatable bonds is 4. The van der Waals surface area contributed by atoms with Crippen LogP contribution in [0.2, 0.25) is 0 Å². The van der Waals surface area contributed by atoms with E-state index in [-0.39, 0.29) is 0 Å². The Morgan fingerprint density at radius 3 is 3.00 bits per heavy atom. The van der Waals surface area contributed by atoms with Crippen molar-refractivity contribution in [2.24, 2.45) is 0 Å². The van der Waals surface area contributed by atoms with E-state index in [1.165, 1.54) is 26.1 Å². The number of hydrogen-bond acceptors (Lipinski definition) is 3. The molecule has 0 bridgehead atoms. The fraction of sp³-hybridized carbons (Fsp3) is 0.188. The number of aromatic nitrogens is 1. The number of nitrogens with one attached hydrogen (secondary N) is 1. The van der Waals surface area contributed by atoms with Gasteiger partial charge in [-0.2, -0.15) is 0 Å². The molecule has 0 fully saturated rings. The number of benzene rings is 1. The summed E-state index contributed by atoms with van der Waals surface area (Å²) in [5.74, 6) is 0. The molecule has 0 aliphatic rings. The second-order valence-corrected chi connectivity index (χ2v) is 5.62. The van der Waals surface area contributed by atoms with Crippen molar-refractivity contribution in [2.75, 3.05) is 6.54 Å². The highest BCUT2D eigenvalue weighted by Crippen LogP contribution is 2.33. The number of pyridine rings is 1. The minimum atomic E-state index is 0.949. The number of fused-ring (bicyclic) bond motifs is 1. The summed E-state index contributed by atoms with van der Waals surface area (Å²) in [5, 5.41) is 5.83. The van der Waals surface area contributed by atoms with Gasteiger partial charge in [0.1, 0.15) is 0 Å². The van der Waals surface area contributed by atoms with Crippen LogP contribution in [0.4, 0.5) is 0 Å². The summed E-state index contributed by atoms with van der Waals surface area (Å²) in [5.41, 5.74) is 1.28. The van der Waals surface area contributed by atoms with Gasteiger partial charge in [-0.15, -0.1) is 11.3 Å². The highest BCUT2D eigenvalue weighted by molar-refractivity contribution is 7.15. The maximum atomic E-state index is 4.25. The maximum absolute atomic E-state index is 4.25. The van der Waals surface area contributed by atoms with Crippen LogP contribution in [0.25, 0.3) is 21.2 Å². The van der Waals surface area contributed by atoms with E-state index in [4.69, 9.17) is 0 Å². The minimum Gasteiger partial charge on any atom is -0.312 e. The Kier molecular flexibility index (Phi) is 3.58. The molecule has 96 valence electrons. The van der Waals surface area contributed by atoms with Crippen LogP contribution < -0.4 is 5.32 Å². The molecule has 3 rings (SSSR count). The molecule has 0 aliphatic carbocycles. The number of thiophene rings is 1. The van der Waals surface area contributed by atoms with Crippen molar-refractivity contribution in [1.29, 1.82) is 0 Å². The van der Waals surface area contributed by atoms with Gasteiger partial charge in [-0.3, -0.25) is 4.98 Å². The van der Waals surface area contributed by atoms with Crippen LogP contribution in [0.3, 0.4) is 0 Å². The fourth-order valence-electron chi connectivity index (χ4n) is 2.19. The lowest BCUT2D eigenvalue weighted by molar-refractivity contribution is 0.735. The highest BCUT2D eigenvalue weighted by atomic mass is 32.1. The van der Waals surface area contributed by atoms with Gasteiger partial charge in [0.2, 0.25) is 0 Å². The molecular weight excluding hydrogens is 252 g/mol. The zero-order chi connectivity index (χ0) is 13.1. The van der Waals surface area contributed by atoms with Crippen molar-refractivity contribution in [3.05, 3.63) is 53.7 Å². The van der Waals surface area contributed by atoms with Gasteiger partial charge in [-0.05, 0) is 30.1 Å². The number of nitrogens with zero attached hydrogens (tertiary/aromatic N) is 1. The van der Waals surface area contributed by atoms with Gasteiger partial charge in [0.05, 0.1) is 0 Å². The summed E-state index contributed by atoms with van der Waals surface area (Å²) in [6.07, 6.45) is 3.80. The van der Waals surface area contributed by atoms with Crippen LogP contribution in [0.5, 0.6) is 0 Å². The monoisotopic (exact) mass is 268 g/mol. The molecule has 0 saturated carbocycles. The van der Waals surface area contributed by atoms with Crippen molar-refractivity contribution in [2.45, 2.75) is 13.5 Å². The van der Waals surface area contributed by atoms with Crippen LogP contribution >= 0.6 is 11.3 Å². The van der Waals surface area contributed by atoms with Crippen molar-refractivity contribution >= 4 is 22.1 Å². The second-order valence-electron chi connectivity index (χ2n) is 4.45. The molecule has 0 spiro atoms. The second kappa shape index (κ2) is 5.51. The van der Waals surface area contributed by atoms with Gasteiger partial charge < -0.3 is 5.32 Å². The Balaban J connectivity index is 2.02. The summed E-state index contributed by atoms with van der Waals surface area (Å²) >= 11 is 1.85. The van der Waals surface area contributed by atoms with Crippen molar-refractivity contribution in [3.63, 3.8) is 0 Å². The predicted molar refractivity (Wildman–Crippen MR) is 82.4 cm³/mol. The summed E-state index contributed by atoms with van der Waals surface area (Å²) in [7, 11) is 0. The molecule has 0 saturated heterocycles. The SMILES string of the molecule is CCNCc1ccc(-c2cccc3ccncc23)s1. The van der Waals surface area contributed by atoms with Crippen LogP contribution in [-0.4, -0.2) is 11.5 Å². The predicted octanol–water partition coefficient (Wildman–Crippen LogP) is 4.07. The largest absolute Gasteiger partial charge is 0.312 e. The Morgan fingerprint density at radius 1 is 1.16 bits per heavy atom. The molecule has 0 aliphatic heterocycles. The molecule has 0 atom stereocenters. The van der Waals surface area contributed by atoms with Crippen molar-refractivity contribution in [3.8, 4) is 10.4 Å². The lowest BCUT2D eigenvalue weighted by atomic mass is 10.1. The van der Waals surface area contributed by atoms with Crippen LogP contribution in [-0.2, 0) is 6.54 Å². The third-order valence-electron chi connectivity index (χ3n) is 3.16. The molecule has 0 amide bonds. The molecule has 1 aromatic carbocycles. The fourth-order valence-corrected chi connectivity index (χ4v) is 3.21. The molecule has 0 radical (unpaired) electrons. The van der Waals surface area contributed by atoms with Crippen LogP contribution in [0, 0.1) is 0 Å². The average Bonchev–Trinajstić information content (AvgIpc) is 2.93. The first-order valence-electron chi connectivity index (χ1n) is 6.51. The molecule has 3 heteroatoms. The van der Waals surface area contributed by atoms with Gasteiger partial charge in [0, 0.05) is 39.6 Å². The van der Waals surface area contributed by atoms with Crippen LogP contribution in [0.15, 0.2) is 48.8 Å². The molecule has 0 unspecified atom stereocenters. The van der Waals surface area contributed by atoms with Crippen molar-refractivity contribution in [1.82, 2.24) is 10.3 Å². The van der Waals surface area contributed by atoms with Gasteiger partial charge in [0.15, 0.2) is 0 Å². The first-order valence-corrected chi connectivity index (χ1v) is 7.32. The van der Waals surface area contributed by atoms with E-state index in [1.54, 1.807) is 0 Å². The Morgan fingerprint density at radius 2 is 2.11 bits per heavy atom. The Hall–Kier alpha value is -1.71. The number of hydrogen-bond donors (Lipinski definition) is 1. The molecule has 2 aromatic heterocycles. The Bertz CT molecular complexity index is 683. The lowest BCUT2D eigenvalue weighted by Crippen LogP contribution is -2.10. The third kappa shape index (κ3) is 2.53. The quantitative estimate of drug-likeness (QED) is 0.771. The maximum Gasteiger partial charge on any atom is 0.0352 e. The van der Waals surface area contributed by atoms with E-state index in [2.05, 4.69) is 53.6 Å². The topological polar surface area (TPSA) is 24.9 Å². The van der Waals surface area contributed by atoms with Gasteiger partial charge in [0.25, 0.3) is 0 Å². The summed E-state index contributed by atoms with van der Waals surface area (Å²) < 4.78 is 0. The first-order chi connectivity index (χ1) is 9.38. The molecular formula is C16H16N2S. The van der Waals surface area contributed by atoms with Crippen molar-refractivity contribution < 1.29 is 0 Å². The van der Waals surface area contributed by atoms with E-state index in [9.17, 15) is 0 Å². The zero-order valence-corrected chi connectivity index (χ0v) is 11.7. The summed E-state index contributed by atoms with van der Waals surface area (Å²) in [4.78, 5) is 6.93. The normalized spacial score (nSPS) is 11.0. The van der Waals surface area contributed by atoms with Gasteiger partial charge >= 0.3 is 0 Å². The summed E-state index contributed by atoms with van der Waals surface area (Å²) in [6.45, 7) is 4.08. The average molecular weight is 268 g/mol. The van der Waals surface area contributed by atoms with E-state index in [1.807, 2.05) is 23.7 Å². The molecule has 19 heavy (non-hydrogen) atoms. The van der Waals surface area contributed by atoms with E-state index in [0.29, 0.717) is 0 Å². The highest BCUT2D eigenvalue weighted by Gasteiger charge is 2.06. The molecule has 1 N–H and O–H groups in total. The Labute approximate surface area is 117 Å².